The summed E-state index contributed by atoms with van der Waals surface area (Å²) in [5.74, 6) is 2.27. The second kappa shape index (κ2) is 8.89. The number of hydrogen-bond donors (Lipinski definition) is 1. The Bertz CT molecular complexity index is 1040. The van der Waals surface area contributed by atoms with Gasteiger partial charge in [0.15, 0.2) is 0 Å². The molecule has 1 aromatic heterocycles. The van der Waals surface area contributed by atoms with Gasteiger partial charge in [0.05, 0.1) is 32.8 Å². The Balaban J connectivity index is 1.08. The highest BCUT2D eigenvalue weighted by molar-refractivity contribution is 5.76. The lowest BCUT2D eigenvalue weighted by Gasteiger charge is -2.32. The molecule has 1 N–H and O–H groups in total. The fourth-order valence-corrected chi connectivity index (χ4v) is 4.32. The summed E-state index contributed by atoms with van der Waals surface area (Å²) < 4.78 is 10.9. The number of fused-ring (bicyclic) bond motifs is 1. The Kier molecular flexibility index (Phi) is 5.67. The maximum absolute atomic E-state index is 12.7. The smallest absolute Gasteiger partial charge is 0.227 e. The minimum absolute atomic E-state index is 0.160. The number of ether oxygens (including phenoxy) is 1. The van der Waals surface area contributed by atoms with Gasteiger partial charge in [-0.15, -0.1) is 0 Å². The van der Waals surface area contributed by atoms with Crippen molar-refractivity contribution in [1.29, 1.82) is 0 Å². The summed E-state index contributed by atoms with van der Waals surface area (Å²) in [4.78, 5) is 20.6. The van der Waals surface area contributed by atoms with E-state index < -0.39 is 0 Å². The van der Waals surface area contributed by atoms with Gasteiger partial charge in [0.25, 0.3) is 0 Å². The number of nitrogens with one attached hydrogen (secondary N) is 1. The topological polar surface area (TPSA) is 72.9 Å². The lowest BCUT2D eigenvalue weighted by Crippen LogP contribution is -3.13. The van der Waals surface area contributed by atoms with Crippen molar-refractivity contribution in [2.45, 2.75) is 25.8 Å². The monoisotopic (exact) mass is 419 g/mol. The van der Waals surface area contributed by atoms with Crippen molar-refractivity contribution in [2.24, 2.45) is 0 Å². The molecule has 1 amide bonds. The fraction of sp³-hybridized carbons (Fsp3) is 0.375. The number of carbonyl (C=O) groups is 1. The van der Waals surface area contributed by atoms with Crippen molar-refractivity contribution in [1.82, 2.24) is 15.0 Å². The maximum Gasteiger partial charge on any atom is 0.227 e. The van der Waals surface area contributed by atoms with Crippen molar-refractivity contribution in [3.05, 3.63) is 65.5 Å². The van der Waals surface area contributed by atoms with Gasteiger partial charge in [0.1, 0.15) is 12.3 Å². The van der Waals surface area contributed by atoms with E-state index in [1.54, 1.807) is 0 Å². The van der Waals surface area contributed by atoms with Crippen LogP contribution in [-0.2, 0) is 24.2 Å². The molecule has 7 heteroatoms. The van der Waals surface area contributed by atoms with Gasteiger partial charge in [-0.3, -0.25) is 4.79 Å². The molecule has 160 valence electrons. The van der Waals surface area contributed by atoms with Crippen molar-refractivity contribution >= 4 is 5.91 Å². The molecule has 0 aliphatic carbocycles. The highest BCUT2D eigenvalue weighted by Gasteiger charge is 2.24. The molecule has 3 aromatic rings. The molecule has 0 bridgehead atoms. The molecule has 0 atom stereocenters. The quantitative estimate of drug-likeness (QED) is 0.656. The van der Waals surface area contributed by atoms with Crippen LogP contribution in [0.5, 0.6) is 5.75 Å². The predicted octanol–water partition coefficient (Wildman–Crippen LogP) is 1.53. The van der Waals surface area contributed by atoms with Gasteiger partial charge in [-0.25, -0.2) is 0 Å². The Morgan fingerprint density at radius 2 is 1.94 bits per heavy atom. The van der Waals surface area contributed by atoms with Crippen LogP contribution in [-0.4, -0.2) is 53.7 Å². The first-order valence-corrected chi connectivity index (χ1v) is 11.0. The summed E-state index contributed by atoms with van der Waals surface area (Å²) >= 11 is 0. The predicted molar refractivity (Wildman–Crippen MR) is 115 cm³/mol. The first-order chi connectivity index (χ1) is 15.2. The molecule has 3 heterocycles. The summed E-state index contributed by atoms with van der Waals surface area (Å²) in [5.41, 5.74) is 3.59. The highest BCUT2D eigenvalue weighted by atomic mass is 16.5. The zero-order valence-electron chi connectivity index (χ0n) is 17.5. The third-order valence-corrected chi connectivity index (χ3v) is 6.08. The number of amides is 1. The molecule has 0 spiro atoms. The first kappa shape index (κ1) is 19.8. The fourth-order valence-electron chi connectivity index (χ4n) is 4.32. The first-order valence-electron chi connectivity index (χ1n) is 11.0. The zero-order valence-corrected chi connectivity index (χ0v) is 17.5. The van der Waals surface area contributed by atoms with E-state index in [2.05, 4.69) is 28.3 Å². The molecule has 0 saturated carbocycles. The van der Waals surface area contributed by atoms with E-state index in [-0.39, 0.29) is 5.91 Å². The largest absolute Gasteiger partial charge is 0.493 e. The third-order valence-electron chi connectivity index (χ3n) is 6.08. The van der Waals surface area contributed by atoms with Crippen LogP contribution in [0, 0.1) is 0 Å². The van der Waals surface area contributed by atoms with Crippen LogP contribution in [0.15, 0.2) is 53.1 Å². The molecule has 0 unspecified atom stereocenters. The van der Waals surface area contributed by atoms with Crippen molar-refractivity contribution in [3.63, 3.8) is 0 Å². The van der Waals surface area contributed by atoms with E-state index in [0.29, 0.717) is 24.6 Å². The SMILES string of the molecule is O=C(CCc1nc(-c2ccccc2)no1)N1CC[NH+](Cc2ccc3c(c2)CCO3)CC1. The number of hydrogen-bond acceptors (Lipinski definition) is 5. The zero-order chi connectivity index (χ0) is 21.0. The molecular weight excluding hydrogens is 392 g/mol. The van der Waals surface area contributed by atoms with Gasteiger partial charge in [0.2, 0.25) is 17.6 Å². The number of piperazine rings is 1. The summed E-state index contributed by atoms with van der Waals surface area (Å²) in [5, 5.41) is 4.03. The number of aromatic nitrogens is 2. The third kappa shape index (κ3) is 4.61. The van der Waals surface area contributed by atoms with Crippen molar-refractivity contribution in [2.75, 3.05) is 32.8 Å². The van der Waals surface area contributed by atoms with Crippen LogP contribution >= 0.6 is 0 Å². The summed E-state index contributed by atoms with van der Waals surface area (Å²) in [6, 6.07) is 16.3. The second-order valence-corrected chi connectivity index (χ2v) is 8.23. The average Bonchev–Trinajstić information content (AvgIpc) is 3.48. The average molecular weight is 420 g/mol. The minimum atomic E-state index is 0.160. The molecule has 5 rings (SSSR count). The van der Waals surface area contributed by atoms with E-state index in [1.165, 1.54) is 16.0 Å². The van der Waals surface area contributed by atoms with Crippen LogP contribution in [0.1, 0.15) is 23.4 Å². The Labute approximate surface area is 181 Å². The van der Waals surface area contributed by atoms with Gasteiger partial charge in [0, 0.05) is 30.4 Å². The number of nitrogens with zero attached hydrogens (tertiary/aromatic N) is 3. The van der Waals surface area contributed by atoms with Gasteiger partial charge in [-0.1, -0.05) is 35.5 Å². The van der Waals surface area contributed by atoms with E-state index in [4.69, 9.17) is 9.26 Å². The maximum atomic E-state index is 12.7. The molecule has 2 aliphatic rings. The van der Waals surface area contributed by atoms with Crippen LogP contribution in [0.4, 0.5) is 0 Å². The van der Waals surface area contributed by atoms with Crippen LogP contribution < -0.4 is 9.64 Å². The van der Waals surface area contributed by atoms with Crippen LogP contribution in [0.25, 0.3) is 11.4 Å². The molecule has 7 nitrogen and oxygen atoms in total. The normalized spacial score (nSPS) is 16.2. The van der Waals surface area contributed by atoms with Crippen LogP contribution in [0.2, 0.25) is 0 Å². The summed E-state index contributed by atoms with van der Waals surface area (Å²) in [7, 11) is 0. The Morgan fingerprint density at radius 3 is 2.77 bits per heavy atom. The van der Waals surface area contributed by atoms with E-state index >= 15 is 0 Å². The highest BCUT2D eigenvalue weighted by Crippen LogP contribution is 2.25. The molecule has 0 radical (unpaired) electrons. The summed E-state index contributed by atoms with van der Waals surface area (Å²) in [6.07, 6.45) is 1.88. The van der Waals surface area contributed by atoms with Gasteiger partial charge >= 0.3 is 0 Å². The van der Waals surface area contributed by atoms with Crippen LogP contribution in [0.3, 0.4) is 0 Å². The van der Waals surface area contributed by atoms with E-state index in [1.807, 2.05) is 35.2 Å². The second-order valence-electron chi connectivity index (χ2n) is 8.23. The Hall–Kier alpha value is -3.19. The lowest BCUT2D eigenvalue weighted by molar-refractivity contribution is -0.917. The van der Waals surface area contributed by atoms with Gasteiger partial charge in [-0.05, 0) is 23.8 Å². The Morgan fingerprint density at radius 1 is 1.10 bits per heavy atom. The molecule has 31 heavy (non-hydrogen) atoms. The standard InChI is InChI=1S/C24H26N4O3/c29-23(9-8-22-25-24(26-31-22)19-4-2-1-3-5-19)28-13-11-27(12-14-28)17-18-6-7-21-20(16-18)10-15-30-21/h1-7,16H,8-15,17H2/p+1. The van der Waals surface area contributed by atoms with Gasteiger partial charge in [-0.2, -0.15) is 4.98 Å². The number of carbonyl (C=O) groups excluding carboxylic acids is 1. The van der Waals surface area contributed by atoms with Gasteiger partial charge < -0.3 is 19.1 Å². The van der Waals surface area contributed by atoms with Crippen molar-refractivity contribution in [3.8, 4) is 17.1 Å². The molecule has 1 saturated heterocycles. The molecule has 2 aromatic carbocycles. The summed E-state index contributed by atoms with van der Waals surface area (Å²) in [6.45, 7) is 5.32. The number of aryl methyl sites for hydroxylation is 1. The number of rotatable bonds is 6. The van der Waals surface area contributed by atoms with E-state index in [9.17, 15) is 4.79 Å². The lowest BCUT2D eigenvalue weighted by atomic mass is 10.1. The molecule has 1 fully saturated rings. The molecular formula is C24H27N4O3+. The van der Waals surface area contributed by atoms with E-state index in [0.717, 1.165) is 57.1 Å². The number of quaternary nitrogens is 1. The van der Waals surface area contributed by atoms with Crippen molar-refractivity contribution < 1.29 is 19.0 Å². The molecule has 2 aliphatic heterocycles. The minimum Gasteiger partial charge on any atom is -0.493 e. The number of benzene rings is 2.